The summed E-state index contributed by atoms with van der Waals surface area (Å²) in [4.78, 5) is 2.21. The fourth-order valence-corrected chi connectivity index (χ4v) is 2.22. The van der Waals surface area contributed by atoms with Gasteiger partial charge in [0.05, 0.1) is 18.8 Å². The molecule has 1 saturated heterocycles. The van der Waals surface area contributed by atoms with E-state index in [0.717, 1.165) is 25.1 Å². The molecule has 1 heterocycles. The van der Waals surface area contributed by atoms with Crippen molar-refractivity contribution in [3.8, 4) is 5.75 Å². The van der Waals surface area contributed by atoms with Crippen molar-refractivity contribution in [3.05, 3.63) is 29.8 Å². The smallest absolute Gasteiger partial charge is 0.115 e. The van der Waals surface area contributed by atoms with Crippen LogP contribution in [0.5, 0.6) is 5.75 Å². The van der Waals surface area contributed by atoms with Gasteiger partial charge >= 0.3 is 0 Å². The number of hydrogen-bond acceptors (Lipinski definition) is 4. The Balaban J connectivity index is 1.98. The molecule has 2 N–H and O–H groups in total. The van der Waals surface area contributed by atoms with Crippen LogP contribution in [0.15, 0.2) is 24.3 Å². The molecule has 4 heteroatoms. The number of ether oxygens (including phenoxy) is 1. The van der Waals surface area contributed by atoms with E-state index >= 15 is 0 Å². The highest BCUT2D eigenvalue weighted by Crippen LogP contribution is 2.24. The predicted molar refractivity (Wildman–Crippen MR) is 69.5 cm³/mol. The SMILES string of the molecule is CC[C@@H](O)CN1CCOC(c2cccc(O)c2)C1. The lowest BCUT2D eigenvalue weighted by atomic mass is 10.1. The molecular formula is C14H21NO3. The number of aliphatic hydroxyl groups is 1. The summed E-state index contributed by atoms with van der Waals surface area (Å²) in [7, 11) is 0. The Bertz CT molecular complexity index is 383. The van der Waals surface area contributed by atoms with Crippen LogP contribution in [0.2, 0.25) is 0 Å². The molecule has 1 fully saturated rings. The van der Waals surface area contributed by atoms with E-state index in [1.807, 2.05) is 19.1 Å². The molecule has 2 rings (SSSR count). The Labute approximate surface area is 108 Å². The van der Waals surface area contributed by atoms with Gasteiger partial charge in [0, 0.05) is 19.6 Å². The van der Waals surface area contributed by atoms with E-state index in [0.29, 0.717) is 13.2 Å². The van der Waals surface area contributed by atoms with Crippen molar-refractivity contribution in [3.63, 3.8) is 0 Å². The van der Waals surface area contributed by atoms with Gasteiger partial charge in [0.2, 0.25) is 0 Å². The molecule has 0 radical (unpaired) electrons. The van der Waals surface area contributed by atoms with Crippen LogP contribution in [0.3, 0.4) is 0 Å². The van der Waals surface area contributed by atoms with Crippen LogP contribution in [0.1, 0.15) is 25.0 Å². The van der Waals surface area contributed by atoms with Crippen LogP contribution in [0.4, 0.5) is 0 Å². The van der Waals surface area contributed by atoms with Crippen molar-refractivity contribution in [1.29, 1.82) is 0 Å². The number of nitrogens with zero attached hydrogens (tertiary/aromatic N) is 1. The summed E-state index contributed by atoms with van der Waals surface area (Å²) < 4.78 is 5.73. The zero-order valence-electron chi connectivity index (χ0n) is 10.7. The summed E-state index contributed by atoms with van der Waals surface area (Å²) in [6.45, 7) is 4.96. The lowest BCUT2D eigenvalue weighted by Crippen LogP contribution is -2.42. The topological polar surface area (TPSA) is 52.9 Å². The molecule has 0 amide bonds. The van der Waals surface area contributed by atoms with Crippen molar-refractivity contribution >= 4 is 0 Å². The summed E-state index contributed by atoms with van der Waals surface area (Å²) in [5.41, 5.74) is 0.991. The van der Waals surface area contributed by atoms with Gasteiger partial charge in [-0.2, -0.15) is 0 Å². The highest BCUT2D eigenvalue weighted by Gasteiger charge is 2.23. The van der Waals surface area contributed by atoms with Crippen LogP contribution in [-0.2, 0) is 4.74 Å². The molecule has 1 unspecified atom stereocenters. The molecule has 1 aliphatic heterocycles. The van der Waals surface area contributed by atoms with E-state index in [2.05, 4.69) is 4.90 Å². The summed E-state index contributed by atoms with van der Waals surface area (Å²) in [6.07, 6.45) is 0.483. The maximum Gasteiger partial charge on any atom is 0.115 e. The first-order chi connectivity index (χ1) is 8.69. The average molecular weight is 251 g/mol. The third kappa shape index (κ3) is 3.45. The summed E-state index contributed by atoms with van der Waals surface area (Å²) in [6, 6.07) is 7.19. The van der Waals surface area contributed by atoms with Crippen molar-refractivity contribution < 1.29 is 14.9 Å². The molecule has 100 valence electrons. The Morgan fingerprint density at radius 3 is 3.06 bits per heavy atom. The van der Waals surface area contributed by atoms with Crippen molar-refractivity contribution in [1.82, 2.24) is 4.90 Å². The van der Waals surface area contributed by atoms with Gasteiger partial charge in [-0.25, -0.2) is 0 Å². The molecule has 0 aliphatic carbocycles. The van der Waals surface area contributed by atoms with Gasteiger partial charge in [0.1, 0.15) is 5.75 Å². The van der Waals surface area contributed by atoms with E-state index in [1.165, 1.54) is 0 Å². The number of rotatable bonds is 4. The number of hydrogen-bond donors (Lipinski definition) is 2. The molecule has 0 saturated carbocycles. The van der Waals surface area contributed by atoms with Crippen LogP contribution in [0.25, 0.3) is 0 Å². The van der Waals surface area contributed by atoms with Crippen LogP contribution >= 0.6 is 0 Å². The summed E-state index contributed by atoms with van der Waals surface area (Å²) >= 11 is 0. The lowest BCUT2D eigenvalue weighted by molar-refractivity contribution is -0.0423. The van der Waals surface area contributed by atoms with Gasteiger partial charge in [-0.15, -0.1) is 0 Å². The average Bonchev–Trinajstić information content (AvgIpc) is 2.39. The molecule has 1 aromatic carbocycles. The second kappa shape index (κ2) is 6.18. The highest BCUT2D eigenvalue weighted by molar-refractivity contribution is 5.29. The molecule has 18 heavy (non-hydrogen) atoms. The zero-order valence-corrected chi connectivity index (χ0v) is 10.7. The monoisotopic (exact) mass is 251 g/mol. The first-order valence-corrected chi connectivity index (χ1v) is 6.50. The largest absolute Gasteiger partial charge is 0.508 e. The van der Waals surface area contributed by atoms with E-state index in [1.54, 1.807) is 12.1 Å². The molecular weight excluding hydrogens is 230 g/mol. The number of morpholine rings is 1. The Morgan fingerprint density at radius 2 is 2.33 bits per heavy atom. The van der Waals surface area contributed by atoms with Crippen LogP contribution < -0.4 is 0 Å². The second-order valence-corrected chi connectivity index (χ2v) is 4.78. The molecule has 0 aromatic heterocycles. The normalized spacial score (nSPS) is 22.9. The number of phenols is 1. The van der Waals surface area contributed by atoms with Crippen molar-refractivity contribution in [2.24, 2.45) is 0 Å². The lowest BCUT2D eigenvalue weighted by Gasteiger charge is -2.34. The van der Waals surface area contributed by atoms with Crippen LogP contribution in [-0.4, -0.2) is 47.5 Å². The fraction of sp³-hybridized carbons (Fsp3) is 0.571. The van der Waals surface area contributed by atoms with Gasteiger partial charge < -0.3 is 14.9 Å². The summed E-state index contributed by atoms with van der Waals surface area (Å²) in [5, 5.41) is 19.2. The van der Waals surface area contributed by atoms with Gasteiger partial charge in [0.25, 0.3) is 0 Å². The maximum absolute atomic E-state index is 9.69. The van der Waals surface area contributed by atoms with Crippen molar-refractivity contribution in [2.75, 3.05) is 26.2 Å². The number of benzene rings is 1. The molecule has 1 aliphatic rings. The van der Waals surface area contributed by atoms with Gasteiger partial charge in [-0.05, 0) is 24.1 Å². The first kappa shape index (κ1) is 13.3. The van der Waals surface area contributed by atoms with Crippen molar-refractivity contribution in [2.45, 2.75) is 25.6 Å². The van der Waals surface area contributed by atoms with E-state index in [4.69, 9.17) is 4.74 Å². The zero-order chi connectivity index (χ0) is 13.0. The second-order valence-electron chi connectivity index (χ2n) is 4.78. The van der Waals surface area contributed by atoms with Gasteiger partial charge in [-0.3, -0.25) is 4.90 Å². The minimum Gasteiger partial charge on any atom is -0.508 e. The number of β-amino-alcohol motifs (C(OH)–C–C–N with tert-alkyl or cyclic N) is 1. The third-order valence-electron chi connectivity index (χ3n) is 3.33. The Kier molecular flexibility index (Phi) is 4.58. The van der Waals surface area contributed by atoms with Crippen LogP contribution in [0, 0.1) is 0 Å². The minimum absolute atomic E-state index is 0.0186. The Hall–Kier alpha value is -1.10. The highest BCUT2D eigenvalue weighted by atomic mass is 16.5. The minimum atomic E-state index is -0.270. The van der Waals surface area contributed by atoms with E-state index in [9.17, 15) is 10.2 Å². The number of phenolic OH excluding ortho intramolecular Hbond substituents is 1. The van der Waals surface area contributed by atoms with Gasteiger partial charge in [-0.1, -0.05) is 19.1 Å². The van der Waals surface area contributed by atoms with E-state index < -0.39 is 0 Å². The molecule has 2 atom stereocenters. The predicted octanol–water partition coefficient (Wildman–Crippen LogP) is 1.54. The quantitative estimate of drug-likeness (QED) is 0.852. The van der Waals surface area contributed by atoms with Gasteiger partial charge in [0.15, 0.2) is 0 Å². The molecule has 1 aromatic rings. The van der Waals surface area contributed by atoms with E-state index in [-0.39, 0.29) is 18.0 Å². The molecule has 0 spiro atoms. The fourth-order valence-electron chi connectivity index (χ4n) is 2.22. The number of aliphatic hydroxyl groups excluding tert-OH is 1. The summed E-state index contributed by atoms with van der Waals surface area (Å²) in [5.74, 6) is 0.266. The molecule has 0 bridgehead atoms. The Morgan fingerprint density at radius 1 is 1.50 bits per heavy atom. The third-order valence-corrected chi connectivity index (χ3v) is 3.33. The number of aromatic hydroxyl groups is 1. The maximum atomic E-state index is 9.69. The molecule has 4 nitrogen and oxygen atoms in total. The first-order valence-electron chi connectivity index (χ1n) is 6.50. The standard InChI is InChI=1S/C14H21NO3/c1-2-12(16)9-15-6-7-18-14(10-15)11-4-3-5-13(17)8-11/h3-5,8,12,14,16-17H,2,6-7,9-10H2,1H3/t12-,14?/m1/s1.